The van der Waals surface area contributed by atoms with Crippen LogP contribution in [0.3, 0.4) is 0 Å². The number of hydrogen-bond donors (Lipinski definition) is 1. The van der Waals surface area contributed by atoms with Crippen LogP contribution in [0.15, 0.2) is 29.8 Å². The van der Waals surface area contributed by atoms with Gasteiger partial charge >= 0.3 is 0 Å². The first-order valence-corrected chi connectivity index (χ1v) is 13.8. The predicted molar refractivity (Wildman–Crippen MR) is 138 cm³/mol. The van der Waals surface area contributed by atoms with Crippen LogP contribution < -0.4 is 5.73 Å². The maximum atomic E-state index is 13.4. The summed E-state index contributed by atoms with van der Waals surface area (Å²) in [5.41, 5.74) is 10.1. The molecule has 5 rings (SSSR count). The molecule has 4 heterocycles. The summed E-state index contributed by atoms with van der Waals surface area (Å²) >= 11 is 6.10. The molecule has 0 aliphatic carbocycles. The average molecular weight is 566 g/mol. The molecular formula is C24H29ClIN5O. The van der Waals surface area contributed by atoms with E-state index in [1.807, 2.05) is 34.7 Å². The van der Waals surface area contributed by atoms with E-state index in [-0.39, 0.29) is 38.7 Å². The number of nitrogens with zero attached hydrogens (tertiary/aromatic N) is 4. The second kappa shape index (κ2) is 9.00. The van der Waals surface area contributed by atoms with Crippen LogP contribution in [-0.4, -0.2) is 54.8 Å². The van der Waals surface area contributed by atoms with Gasteiger partial charge in [0.2, 0.25) is 0 Å². The molecule has 32 heavy (non-hydrogen) atoms. The number of benzene rings is 1. The summed E-state index contributed by atoms with van der Waals surface area (Å²) in [7, 11) is 0. The van der Waals surface area contributed by atoms with Gasteiger partial charge in [-0.3, -0.25) is 9.69 Å². The molecule has 2 N–H and O–H groups in total. The lowest BCUT2D eigenvalue weighted by Crippen LogP contribution is -2.38. The van der Waals surface area contributed by atoms with Gasteiger partial charge in [-0.1, -0.05) is 17.7 Å². The molecule has 1 amide bonds. The third kappa shape index (κ3) is 4.20. The van der Waals surface area contributed by atoms with Crippen molar-refractivity contribution in [1.29, 1.82) is 0 Å². The van der Waals surface area contributed by atoms with Crippen LogP contribution in [0.1, 0.15) is 60.3 Å². The Morgan fingerprint density at radius 3 is 2.78 bits per heavy atom. The maximum absolute atomic E-state index is 13.4. The van der Waals surface area contributed by atoms with Crippen molar-refractivity contribution in [2.24, 2.45) is 5.73 Å². The Morgan fingerprint density at radius 2 is 2.03 bits per heavy atom. The third-order valence-electron chi connectivity index (χ3n) is 6.50. The lowest BCUT2D eigenvalue weighted by Gasteiger charge is -2.35. The Bertz CT molecular complexity index is 1120. The second-order valence-electron chi connectivity index (χ2n) is 9.02. The second-order valence-corrected chi connectivity index (χ2v) is 12.1. The Hall–Kier alpha value is -1.55. The van der Waals surface area contributed by atoms with Gasteiger partial charge in [0.15, 0.2) is 0 Å². The summed E-state index contributed by atoms with van der Waals surface area (Å²) in [5, 5.41) is 5.47. The van der Waals surface area contributed by atoms with Gasteiger partial charge < -0.3 is 10.6 Å². The Morgan fingerprint density at radius 1 is 1.19 bits per heavy atom. The van der Waals surface area contributed by atoms with Crippen molar-refractivity contribution in [2.45, 2.75) is 51.6 Å². The monoisotopic (exact) mass is 565 g/mol. The minimum Gasteiger partial charge on any atom is -0.330 e. The number of rotatable bonds is 3. The third-order valence-corrected chi connectivity index (χ3v) is 10.2. The van der Waals surface area contributed by atoms with E-state index in [1.54, 1.807) is 0 Å². The summed E-state index contributed by atoms with van der Waals surface area (Å²) in [6.45, 7) is 6.90. The predicted octanol–water partition coefficient (Wildman–Crippen LogP) is 4.39. The molecule has 0 bridgehead atoms. The molecule has 0 unspecified atom stereocenters. The number of halogens is 2. The van der Waals surface area contributed by atoms with Gasteiger partial charge in [-0.15, -0.1) is 0 Å². The number of carbonyl (C=O) groups is 1. The fourth-order valence-electron chi connectivity index (χ4n) is 4.82. The molecule has 8 heteroatoms. The molecular weight excluding hydrogens is 537 g/mol. The number of aromatic nitrogens is 2. The van der Waals surface area contributed by atoms with E-state index >= 15 is 0 Å². The Kier molecular flexibility index (Phi) is 6.26. The normalized spacial score (nSPS) is 23.9. The first-order chi connectivity index (χ1) is 15.4. The molecule has 1 aromatic carbocycles. The maximum Gasteiger partial charge on any atom is 0.255 e. The summed E-state index contributed by atoms with van der Waals surface area (Å²) in [5.74, 6) is 0.00500. The highest BCUT2D eigenvalue weighted by Gasteiger charge is 2.33. The minimum atomic E-state index is -0.335. The molecule has 0 radical (unpaired) electrons. The van der Waals surface area contributed by atoms with Crippen molar-refractivity contribution in [3.63, 3.8) is 0 Å². The SMILES string of the molecule is CC1=Cn2nc([C@@H]3CCCCN3C(=O)c3ccc(C)cc3Cl)cc2I=C1N1CC[C@H](N)C1. The highest BCUT2D eigenvalue weighted by Crippen LogP contribution is 2.35. The highest BCUT2D eigenvalue weighted by atomic mass is 127. The van der Waals surface area contributed by atoms with E-state index in [9.17, 15) is 4.79 Å². The van der Waals surface area contributed by atoms with Crippen molar-refractivity contribution >= 4 is 48.1 Å². The van der Waals surface area contributed by atoms with Crippen molar-refractivity contribution in [1.82, 2.24) is 19.6 Å². The zero-order chi connectivity index (χ0) is 22.4. The lowest BCUT2D eigenvalue weighted by atomic mass is 9.98. The van der Waals surface area contributed by atoms with Crippen molar-refractivity contribution < 1.29 is 4.79 Å². The average Bonchev–Trinajstić information content (AvgIpc) is 3.38. The van der Waals surface area contributed by atoms with E-state index in [0.717, 1.165) is 56.6 Å². The molecule has 0 spiro atoms. The van der Waals surface area contributed by atoms with Gasteiger partial charge in [-0.2, -0.15) is 5.10 Å². The molecule has 2 atom stereocenters. The van der Waals surface area contributed by atoms with E-state index in [1.165, 1.54) is 12.9 Å². The molecule has 6 nitrogen and oxygen atoms in total. The van der Waals surface area contributed by atoms with Crippen LogP contribution >= 0.6 is 32.3 Å². The van der Waals surface area contributed by atoms with E-state index in [0.29, 0.717) is 10.6 Å². The standard InChI is InChI=1S/C24H29ClIN5O/c1-15-6-7-18(19(25)11-15)24(32)30-9-4-3-5-21(30)20-12-22-26-23(16(2)13-31(22)28-20)29-10-8-17(27)14-29/h6-7,11-13,17,21H,3-5,8-10,14,27H2,1-2H3/t17-,21-/m0/s1. The smallest absolute Gasteiger partial charge is 0.255 e. The van der Waals surface area contributed by atoms with Gasteiger partial charge in [-0.05, 0) is 89.6 Å². The van der Waals surface area contributed by atoms with Crippen LogP contribution in [0, 0.1) is 10.6 Å². The molecule has 3 aliphatic heterocycles. The van der Waals surface area contributed by atoms with Gasteiger partial charge in [0.25, 0.3) is 5.91 Å². The lowest BCUT2D eigenvalue weighted by molar-refractivity contribution is 0.0606. The van der Waals surface area contributed by atoms with Crippen LogP contribution in [0.5, 0.6) is 0 Å². The molecule has 3 aliphatic rings. The number of aryl methyl sites for hydroxylation is 1. The van der Waals surface area contributed by atoms with Crippen LogP contribution in [0.25, 0.3) is 6.20 Å². The number of hydrogen-bond acceptors (Lipinski definition) is 4. The zero-order valence-electron chi connectivity index (χ0n) is 18.5. The highest BCUT2D eigenvalue weighted by molar-refractivity contribution is 14.2. The zero-order valence-corrected chi connectivity index (χ0v) is 21.4. The van der Waals surface area contributed by atoms with Crippen LogP contribution in [-0.2, 0) is 0 Å². The topological polar surface area (TPSA) is 67.4 Å². The van der Waals surface area contributed by atoms with Crippen molar-refractivity contribution in [3.8, 4) is 0 Å². The van der Waals surface area contributed by atoms with Gasteiger partial charge in [-0.25, -0.2) is 4.68 Å². The summed E-state index contributed by atoms with van der Waals surface area (Å²) < 4.78 is 4.79. The summed E-state index contributed by atoms with van der Waals surface area (Å²) in [6, 6.07) is 8.17. The number of nitrogens with two attached hydrogens (primary N) is 1. The number of likely N-dealkylation sites (tertiary alicyclic amines) is 2. The number of piperidine rings is 1. The summed E-state index contributed by atoms with van der Waals surface area (Å²) in [6.07, 6.45) is 6.26. The molecule has 2 aromatic rings. The fraction of sp³-hybridized carbons (Fsp3) is 0.458. The Balaban J connectivity index is 1.44. The largest absolute Gasteiger partial charge is 0.330 e. The van der Waals surface area contributed by atoms with Crippen LogP contribution in [0.4, 0.5) is 0 Å². The molecule has 0 saturated carbocycles. The van der Waals surface area contributed by atoms with E-state index in [2.05, 4.69) is 24.1 Å². The summed E-state index contributed by atoms with van der Waals surface area (Å²) in [4.78, 5) is 17.9. The van der Waals surface area contributed by atoms with Gasteiger partial charge in [0.05, 0.1) is 26.0 Å². The molecule has 2 fully saturated rings. The number of amides is 1. The van der Waals surface area contributed by atoms with Gasteiger partial charge in [0.1, 0.15) is 3.70 Å². The first kappa shape index (κ1) is 22.3. The molecule has 1 aromatic heterocycles. The molecule has 2 saturated heterocycles. The van der Waals surface area contributed by atoms with Crippen molar-refractivity contribution in [2.75, 3.05) is 19.6 Å². The Labute approximate surface area is 204 Å². The minimum absolute atomic E-state index is 0.00500. The quantitative estimate of drug-likeness (QED) is 0.561. The molecule has 170 valence electrons. The first-order valence-electron chi connectivity index (χ1n) is 11.3. The fourth-order valence-corrected chi connectivity index (χ4v) is 7.97. The van der Waals surface area contributed by atoms with Crippen LogP contribution in [0.2, 0.25) is 5.02 Å². The van der Waals surface area contributed by atoms with Crippen molar-refractivity contribution in [3.05, 3.63) is 55.4 Å². The number of carbonyl (C=O) groups excluding carboxylic acids is 1. The number of fused-ring (bicyclic) bond motifs is 1. The van der Waals surface area contributed by atoms with Gasteiger partial charge in [0, 0.05) is 31.9 Å². The van der Waals surface area contributed by atoms with E-state index < -0.39 is 0 Å². The van der Waals surface area contributed by atoms with E-state index in [4.69, 9.17) is 22.4 Å².